The molecule has 1 atom stereocenters. The molecule has 0 saturated carbocycles. The number of hydrogen-bond donors (Lipinski definition) is 3. The van der Waals surface area contributed by atoms with Crippen molar-refractivity contribution in [2.24, 2.45) is 0 Å². The van der Waals surface area contributed by atoms with Crippen molar-refractivity contribution in [2.75, 3.05) is 18.9 Å². The molecule has 1 aromatic carbocycles. The van der Waals surface area contributed by atoms with Crippen molar-refractivity contribution >= 4 is 17.3 Å². The van der Waals surface area contributed by atoms with Crippen LogP contribution < -0.4 is 10.5 Å². The molecule has 0 heterocycles. The Kier molecular flexibility index (Phi) is 4.00. The molecule has 0 fully saturated rings. The number of aliphatic hydroxyl groups is 2. The van der Waals surface area contributed by atoms with E-state index in [1.54, 1.807) is 18.2 Å². The third kappa shape index (κ3) is 3.06. The second kappa shape index (κ2) is 5.05. The molecule has 0 saturated heterocycles. The quantitative estimate of drug-likeness (QED) is 0.648. The first kappa shape index (κ1) is 11.1. The molecule has 1 rings (SSSR count). The number of benzene rings is 1. The van der Waals surface area contributed by atoms with Crippen LogP contribution in [0.1, 0.15) is 0 Å². The number of aliphatic hydroxyl groups excluding tert-OH is 2. The zero-order valence-electron chi connectivity index (χ0n) is 7.48. The first-order valence-electron chi connectivity index (χ1n) is 4.10. The van der Waals surface area contributed by atoms with Crippen LogP contribution in [0.15, 0.2) is 18.2 Å². The number of halogens is 1. The highest BCUT2D eigenvalue weighted by molar-refractivity contribution is 6.33. The van der Waals surface area contributed by atoms with Gasteiger partial charge in [0.15, 0.2) is 0 Å². The van der Waals surface area contributed by atoms with E-state index in [0.717, 1.165) is 0 Å². The molecule has 4 nitrogen and oxygen atoms in total. The maximum absolute atomic E-state index is 9.01. The van der Waals surface area contributed by atoms with Crippen molar-refractivity contribution in [1.82, 2.24) is 0 Å². The molecule has 0 radical (unpaired) electrons. The monoisotopic (exact) mass is 217 g/mol. The SMILES string of the molecule is Nc1cc(OCC(O)CO)ccc1Cl. The molecule has 78 valence electrons. The molecule has 4 N–H and O–H groups in total. The topological polar surface area (TPSA) is 75.7 Å². The first-order chi connectivity index (χ1) is 6.63. The first-order valence-corrected chi connectivity index (χ1v) is 4.48. The molecule has 1 aromatic rings. The summed E-state index contributed by atoms with van der Waals surface area (Å²) in [6.45, 7) is -0.305. The van der Waals surface area contributed by atoms with Crippen molar-refractivity contribution in [3.05, 3.63) is 23.2 Å². The van der Waals surface area contributed by atoms with Gasteiger partial charge in [-0.15, -0.1) is 0 Å². The van der Waals surface area contributed by atoms with Crippen LogP contribution in [-0.4, -0.2) is 29.5 Å². The smallest absolute Gasteiger partial charge is 0.121 e. The standard InChI is InChI=1S/C9H12ClNO3/c10-8-2-1-7(3-9(8)11)14-5-6(13)4-12/h1-3,6,12-13H,4-5,11H2. The molecule has 0 aliphatic rings. The molecule has 0 aromatic heterocycles. The Hall–Kier alpha value is -0.970. The molecule has 0 amide bonds. The van der Waals surface area contributed by atoms with E-state index in [9.17, 15) is 0 Å². The highest BCUT2D eigenvalue weighted by Crippen LogP contribution is 2.23. The van der Waals surface area contributed by atoms with Gasteiger partial charge in [-0.1, -0.05) is 11.6 Å². The van der Waals surface area contributed by atoms with Crippen molar-refractivity contribution in [3.63, 3.8) is 0 Å². The number of anilines is 1. The van der Waals surface area contributed by atoms with Crippen molar-refractivity contribution < 1.29 is 14.9 Å². The molecule has 5 heteroatoms. The fourth-order valence-corrected chi connectivity index (χ4v) is 0.974. The average molecular weight is 218 g/mol. The third-order valence-corrected chi connectivity index (χ3v) is 1.96. The minimum atomic E-state index is -0.882. The van der Waals surface area contributed by atoms with E-state index in [1.165, 1.54) is 0 Å². The third-order valence-electron chi connectivity index (χ3n) is 1.62. The molecule has 14 heavy (non-hydrogen) atoms. The number of rotatable bonds is 4. The predicted molar refractivity (Wildman–Crippen MR) is 54.5 cm³/mol. The van der Waals surface area contributed by atoms with E-state index in [4.69, 9.17) is 32.3 Å². The summed E-state index contributed by atoms with van der Waals surface area (Å²) in [5.41, 5.74) is 5.95. The van der Waals surface area contributed by atoms with E-state index in [-0.39, 0.29) is 13.2 Å². The van der Waals surface area contributed by atoms with E-state index < -0.39 is 6.10 Å². The molecular weight excluding hydrogens is 206 g/mol. The molecule has 0 aliphatic carbocycles. The molecule has 1 unspecified atom stereocenters. The van der Waals surface area contributed by atoms with Crippen molar-refractivity contribution in [3.8, 4) is 5.75 Å². The van der Waals surface area contributed by atoms with E-state index in [2.05, 4.69) is 0 Å². The van der Waals surface area contributed by atoms with Gasteiger partial charge >= 0.3 is 0 Å². The number of nitrogen functional groups attached to an aromatic ring is 1. The molecule has 0 bridgehead atoms. The maximum Gasteiger partial charge on any atom is 0.121 e. The fourth-order valence-electron chi connectivity index (χ4n) is 0.857. The van der Waals surface area contributed by atoms with Gasteiger partial charge in [-0.05, 0) is 12.1 Å². The lowest BCUT2D eigenvalue weighted by atomic mass is 10.3. The Labute approximate surface area is 86.9 Å². The second-order valence-corrected chi connectivity index (χ2v) is 3.24. The van der Waals surface area contributed by atoms with Crippen LogP contribution >= 0.6 is 11.6 Å². The van der Waals surface area contributed by atoms with Crippen LogP contribution in [0.5, 0.6) is 5.75 Å². The zero-order chi connectivity index (χ0) is 10.6. The number of hydrogen-bond acceptors (Lipinski definition) is 4. The van der Waals surface area contributed by atoms with Crippen LogP contribution in [0.2, 0.25) is 5.02 Å². The van der Waals surface area contributed by atoms with Gasteiger partial charge < -0.3 is 20.7 Å². The Balaban J connectivity index is 2.55. The summed E-state index contributed by atoms with van der Waals surface area (Å²) in [7, 11) is 0. The lowest BCUT2D eigenvalue weighted by Gasteiger charge is -2.10. The van der Waals surface area contributed by atoms with Gasteiger partial charge in [-0.2, -0.15) is 0 Å². The van der Waals surface area contributed by atoms with Crippen molar-refractivity contribution in [2.45, 2.75) is 6.10 Å². The van der Waals surface area contributed by atoms with E-state index in [0.29, 0.717) is 16.5 Å². The largest absolute Gasteiger partial charge is 0.491 e. The van der Waals surface area contributed by atoms with Crippen molar-refractivity contribution in [1.29, 1.82) is 0 Å². The number of nitrogens with two attached hydrogens (primary N) is 1. The highest BCUT2D eigenvalue weighted by Gasteiger charge is 2.04. The predicted octanol–water partition coefficient (Wildman–Crippen LogP) is 0.654. The van der Waals surface area contributed by atoms with E-state index >= 15 is 0 Å². The van der Waals surface area contributed by atoms with E-state index in [1.807, 2.05) is 0 Å². The Bertz CT molecular complexity index is 306. The fraction of sp³-hybridized carbons (Fsp3) is 0.333. The molecule has 0 spiro atoms. The zero-order valence-corrected chi connectivity index (χ0v) is 8.24. The van der Waals surface area contributed by atoms with Crippen LogP contribution in [-0.2, 0) is 0 Å². The summed E-state index contributed by atoms with van der Waals surface area (Å²) >= 11 is 5.70. The average Bonchev–Trinajstić information content (AvgIpc) is 2.19. The molecular formula is C9H12ClNO3. The van der Waals surface area contributed by atoms with Gasteiger partial charge in [0.25, 0.3) is 0 Å². The second-order valence-electron chi connectivity index (χ2n) is 2.83. The summed E-state index contributed by atoms with van der Waals surface area (Å²) in [5, 5.41) is 18.0. The van der Waals surface area contributed by atoms with Gasteiger partial charge in [0, 0.05) is 6.07 Å². The number of ether oxygens (including phenoxy) is 1. The summed E-state index contributed by atoms with van der Waals surface area (Å²) < 4.78 is 5.15. The summed E-state index contributed by atoms with van der Waals surface area (Å²) in [4.78, 5) is 0. The highest BCUT2D eigenvalue weighted by atomic mass is 35.5. The summed E-state index contributed by atoms with van der Waals surface area (Å²) in [6.07, 6.45) is -0.882. The lowest BCUT2D eigenvalue weighted by Crippen LogP contribution is -2.21. The normalized spacial score (nSPS) is 12.5. The summed E-state index contributed by atoms with van der Waals surface area (Å²) in [6, 6.07) is 4.81. The van der Waals surface area contributed by atoms with Gasteiger partial charge in [0.05, 0.1) is 17.3 Å². The van der Waals surface area contributed by atoms with Crippen LogP contribution in [0, 0.1) is 0 Å². The van der Waals surface area contributed by atoms with Crippen LogP contribution in [0.25, 0.3) is 0 Å². The van der Waals surface area contributed by atoms with Crippen LogP contribution in [0.3, 0.4) is 0 Å². The van der Waals surface area contributed by atoms with Gasteiger partial charge in [0.2, 0.25) is 0 Å². The summed E-state index contributed by atoms with van der Waals surface area (Å²) in [5.74, 6) is 0.513. The Morgan fingerprint density at radius 1 is 1.50 bits per heavy atom. The van der Waals surface area contributed by atoms with Crippen LogP contribution in [0.4, 0.5) is 5.69 Å². The Morgan fingerprint density at radius 3 is 2.79 bits per heavy atom. The minimum Gasteiger partial charge on any atom is -0.491 e. The van der Waals surface area contributed by atoms with Gasteiger partial charge in [-0.25, -0.2) is 0 Å². The molecule has 0 aliphatic heterocycles. The Morgan fingerprint density at radius 2 is 2.21 bits per heavy atom. The minimum absolute atomic E-state index is 0.0254. The maximum atomic E-state index is 9.01. The lowest BCUT2D eigenvalue weighted by molar-refractivity contribution is 0.0536. The van der Waals surface area contributed by atoms with Gasteiger partial charge in [0.1, 0.15) is 18.5 Å². The van der Waals surface area contributed by atoms with Gasteiger partial charge in [-0.3, -0.25) is 0 Å².